The van der Waals surface area contributed by atoms with E-state index in [1.54, 1.807) is 11.8 Å². The number of nitrogens with two attached hydrogens (primary N) is 1. The summed E-state index contributed by atoms with van der Waals surface area (Å²) in [5, 5.41) is 10.7. The van der Waals surface area contributed by atoms with E-state index in [4.69, 9.17) is 5.73 Å². The van der Waals surface area contributed by atoms with Crippen LogP contribution >= 0.6 is 11.8 Å². The van der Waals surface area contributed by atoms with Crippen LogP contribution in [-0.4, -0.2) is 17.4 Å². The number of hydrogen-bond acceptors (Lipinski definition) is 3. The molecular formula is C16H19NOS. The molecule has 0 fully saturated rings. The SMILES string of the molecule is Cc1cccc(SCC(O)(CN)c2ccccc2)c1. The highest BCUT2D eigenvalue weighted by atomic mass is 32.2. The third-order valence-corrected chi connectivity index (χ3v) is 4.33. The lowest BCUT2D eigenvalue weighted by atomic mass is 9.96. The van der Waals surface area contributed by atoms with E-state index in [0.717, 1.165) is 10.5 Å². The Morgan fingerprint density at radius 1 is 1.11 bits per heavy atom. The standard InChI is InChI=1S/C16H19NOS/c1-13-6-5-9-15(10-13)19-12-16(18,11-17)14-7-3-2-4-8-14/h2-10,18H,11-12,17H2,1H3. The maximum Gasteiger partial charge on any atom is 0.111 e. The first-order valence-electron chi connectivity index (χ1n) is 6.31. The highest BCUT2D eigenvalue weighted by molar-refractivity contribution is 7.99. The topological polar surface area (TPSA) is 46.2 Å². The van der Waals surface area contributed by atoms with Gasteiger partial charge in [0.25, 0.3) is 0 Å². The molecular weight excluding hydrogens is 254 g/mol. The van der Waals surface area contributed by atoms with Crippen molar-refractivity contribution < 1.29 is 5.11 Å². The summed E-state index contributed by atoms with van der Waals surface area (Å²) in [6.45, 7) is 2.28. The van der Waals surface area contributed by atoms with E-state index in [2.05, 4.69) is 25.1 Å². The third-order valence-electron chi connectivity index (χ3n) is 3.12. The monoisotopic (exact) mass is 273 g/mol. The van der Waals surface area contributed by atoms with Gasteiger partial charge in [-0.2, -0.15) is 0 Å². The van der Waals surface area contributed by atoms with E-state index in [9.17, 15) is 5.11 Å². The Labute approximate surface area is 118 Å². The molecule has 0 radical (unpaired) electrons. The Morgan fingerprint density at radius 2 is 1.84 bits per heavy atom. The van der Waals surface area contributed by atoms with Gasteiger partial charge in [0.15, 0.2) is 0 Å². The molecule has 100 valence electrons. The third kappa shape index (κ3) is 3.60. The average molecular weight is 273 g/mol. The summed E-state index contributed by atoms with van der Waals surface area (Å²) in [5.41, 5.74) is 6.89. The predicted octanol–water partition coefficient (Wildman–Crippen LogP) is 2.93. The minimum absolute atomic E-state index is 0.218. The average Bonchev–Trinajstić information content (AvgIpc) is 2.46. The fraction of sp³-hybridized carbons (Fsp3) is 0.250. The first-order valence-corrected chi connectivity index (χ1v) is 7.30. The summed E-state index contributed by atoms with van der Waals surface area (Å²) in [6, 6.07) is 17.9. The maximum absolute atomic E-state index is 10.7. The lowest BCUT2D eigenvalue weighted by Crippen LogP contribution is -2.37. The van der Waals surface area contributed by atoms with Crippen LogP contribution in [0.15, 0.2) is 59.5 Å². The van der Waals surface area contributed by atoms with E-state index < -0.39 is 5.60 Å². The Kier molecular flexibility index (Phi) is 4.64. The predicted molar refractivity (Wildman–Crippen MR) is 81.3 cm³/mol. The van der Waals surface area contributed by atoms with Gasteiger partial charge < -0.3 is 10.8 Å². The second-order valence-corrected chi connectivity index (χ2v) is 5.76. The van der Waals surface area contributed by atoms with Crippen molar-refractivity contribution in [2.45, 2.75) is 17.4 Å². The number of benzene rings is 2. The number of thioether (sulfide) groups is 1. The molecule has 0 aliphatic heterocycles. The molecule has 0 aromatic heterocycles. The van der Waals surface area contributed by atoms with Crippen LogP contribution in [0.5, 0.6) is 0 Å². The van der Waals surface area contributed by atoms with Gasteiger partial charge in [-0.25, -0.2) is 0 Å². The molecule has 0 aliphatic carbocycles. The Morgan fingerprint density at radius 3 is 2.47 bits per heavy atom. The highest BCUT2D eigenvalue weighted by Gasteiger charge is 2.27. The highest BCUT2D eigenvalue weighted by Crippen LogP contribution is 2.29. The molecule has 3 N–H and O–H groups in total. The molecule has 0 aliphatic rings. The van der Waals surface area contributed by atoms with Crippen molar-refractivity contribution >= 4 is 11.8 Å². The van der Waals surface area contributed by atoms with Gasteiger partial charge >= 0.3 is 0 Å². The Hall–Kier alpha value is -1.29. The van der Waals surface area contributed by atoms with Crippen molar-refractivity contribution in [3.8, 4) is 0 Å². The van der Waals surface area contributed by atoms with E-state index in [-0.39, 0.29) is 6.54 Å². The van der Waals surface area contributed by atoms with Crippen molar-refractivity contribution in [1.82, 2.24) is 0 Å². The number of aliphatic hydroxyl groups is 1. The van der Waals surface area contributed by atoms with Crippen LogP contribution in [0.2, 0.25) is 0 Å². The smallest absolute Gasteiger partial charge is 0.111 e. The first kappa shape index (κ1) is 14.1. The minimum atomic E-state index is -0.977. The van der Waals surface area contributed by atoms with E-state index >= 15 is 0 Å². The number of aryl methyl sites for hydroxylation is 1. The molecule has 2 aromatic rings. The van der Waals surface area contributed by atoms with Gasteiger partial charge in [0.2, 0.25) is 0 Å². The second kappa shape index (κ2) is 6.24. The van der Waals surface area contributed by atoms with Gasteiger partial charge in [-0.15, -0.1) is 11.8 Å². The van der Waals surface area contributed by atoms with Crippen LogP contribution in [0.25, 0.3) is 0 Å². The molecule has 0 heterocycles. The molecule has 2 rings (SSSR count). The van der Waals surface area contributed by atoms with Crippen LogP contribution in [-0.2, 0) is 5.60 Å². The summed E-state index contributed by atoms with van der Waals surface area (Å²) in [7, 11) is 0. The fourth-order valence-corrected chi connectivity index (χ4v) is 3.05. The Balaban J connectivity index is 2.11. The zero-order chi connectivity index (χ0) is 13.7. The zero-order valence-corrected chi connectivity index (χ0v) is 11.9. The van der Waals surface area contributed by atoms with E-state index in [1.807, 2.05) is 36.4 Å². The number of hydrogen-bond donors (Lipinski definition) is 2. The van der Waals surface area contributed by atoms with Crippen molar-refractivity contribution in [1.29, 1.82) is 0 Å². The van der Waals surface area contributed by atoms with E-state index in [0.29, 0.717) is 5.75 Å². The van der Waals surface area contributed by atoms with Gasteiger partial charge in [0, 0.05) is 17.2 Å². The molecule has 0 saturated carbocycles. The van der Waals surface area contributed by atoms with Gasteiger partial charge in [-0.3, -0.25) is 0 Å². The molecule has 2 nitrogen and oxygen atoms in total. The maximum atomic E-state index is 10.7. The van der Waals surface area contributed by atoms with Crippen molar-refractivity contribution in [2.24, 2.45) is 5.73 Å². The summed E-state index contributed by atoms with van der Waals surface area (Å²) >= 11 is 1.63. The van der Waals surface area contributed by atoms with Crippen LogP contribution in [0.4, 0.5) is 0 Å². The lowest BCUT2D eigenvalue weighted by Gasteiger charge is -2.26. The summed E-state index contributed by atoms with van der Waals surface area (Å²) in [5.74, 6) is 0.553. The van der Waals surface area contributed by atoms with Gasteiger partial charge in [-0.05, 0) is 24.6 Å². The normalized spacial score (nSPS) is 14.1. The van der Waals surface area contributed by atoms with Crippen molar-refractivity contribution in [3.63, 3.8) is 0 Å². The summed E-state index contributed by atoms with van der Waals surface area (Å²) < 4.78 is 0. The second-order valence-electron chi connectivity index (χ2n) is 4.71. The molecule has 1 atom stereocenters. The summed E-state index contributed by atoms with van der Waals surface area (Å²) in [6.07, 6.45) is 0. The summed E-state index contributed by atoms with van der Waals surface area (Å²) in [4.78, 5) is 1.16. The molecule has 3 heteroatoms. The molecule has 1 unspecified atom stereocenters. The van der Waals surface area contributed by atoms with Crippen LogP contribution < -0.4 is 5.73 Å². The van der Waals surface area contributed by atoms with Crippen LogP contribution in [0.1, 0.15) is 11.1 Å². The van der Waals surface area contributed by atoms with Gasteiger partial charge in [0.05, 0.1) is 0 Å². The molecule has 0 saturated heterocycles. The zero-order valence-electron chi connectivity index (χ0n) is 11.0. The Bertz CT molecular complexity index is 529. The molecule has 19 heavy (non-hydrogen) atoms. The van der Waals surface area contributed by atoms with Gasteiger partial charge in [0.1, 0.15) is 5.60 Å². The minimum Gasteiger partial charge on any atom is -0.383 e. The number of rotatable bonds is 5. The van der Waals surface area contributed by atoms with Gasteiger partial charge in [-0.1, -0.05) is 48.0 Å². The molecule has 2 aromatic carbocycles. The quantitative estimate of drug-likeness (QED) is 0.823. The van der Waals surface area contributed by atoms with Crippen molar-refractivity contribution in [2.75, 3.05) is 12.3 Å². The lowest BCUT2D eigenvalue weighted by molar-refractivity contribution is 0.0721. The van der Waals surface area contributed by atoms with Crippen molar-refractivity contribution in [3.05, 3.63) is 65.7 Å². The molecule has 0 spiro atoms. The molecule has 0 amide bonds. The molecule has 0 bridgehead atoms. The first-order chi connectivity index (χ1) is 9.14. The van der Waals surface area contributed by atoms with E-state index in [1.165, 1.54) is 5.56 Å². The fourth-order valence-electron chi connectivity index (χ4n) is 1.92. The van der Waals surface area contributed by atoms with Crippen LogP contribution in [0.3, 0.4) is 0 Å². The largest absolute Gasteiger partial charge is 0.383 e. The van der Waals surface area contributed by atoms with Crippen LogP contribution in [0, 0.1) is 6.92 Å².